The van der Waals surface area contributed by atoms with Gasteiger partial charge in [-0.1, -0.05) is 78.9 Å². The summed E-state index contributed by atoms with van der Waals surface area (Å²) in [6.07, 6.45) is 12.7. The number of imidazole rings is 2. The SMILES string of the molecule is C=CCN(CC=C)c1ccc2ncn(-c3ccnc(N[C@@H](C)c4ccccc4)n3)c2c1.C=CCNc1ccc2ncn(-c3ccnc(N[C@@H](C)c4ccccc4)n3)c2c1. The maximum Gasteiger partial charge on any atom is 0.225 e. The third-order valence-corrected chi connectivity index (χ3v) is 9.66. The second-order valence-electron chi connectivity index (χ2n) is 13.8. The maximum absolute atomic E-state index is 4.73. The maximum atomic E-state index is 4.73. The van der Waals surface area contributed by atoms with Crippen molar-refractivity contribution in [3.8, 4) is 11.6 Å². The summed E-state index contributed by atoms with van der Waals surface area (Å²) >= 11 is 0. The summed E-state index contributed by atoms with van der Waals surface area (Å²) in [5, 5.41) is 10.1. The molecule has 12 heteroatoms. The minimum atomic E-state index is 0.0916. The van der Waals surface area contributed by atoms with Crippen molar-refractivity contribution in [2.75, 3.05) is 40.5 Å². The van der Waals surface area contributed by atoms with Crippen LogP contribution in [-0.4, -0.2) is 58.7 Å². The Morgan fingerprint density at radius 1 is 0.593 bits per heavy atom. The van der Waals surface area contributed by atoms with E-state index in [2.05, 4.69) is 122 Å². The quantitative estimate of drug-likeness (QED) is 0.0816. The van der Waals surface area contributed by atoms with Gasteiger partial charge >= 0.3 is 0 Å². The molecule has 0 fully saturated rings. The highest BCUT2D eigenvalue weighted by Gasteiger charge is 2.13. The number of aromatic nitrogens is 8. The summed E-state index contributed by atoms with van der Waals surface area (Å²) in [5.74, 6) is 2.68. The van der Waals surface area contributed by atoms with E-state index in [1.807, 2.05) is 94.1 Å². The number of hydrogen-bond donors (Lipinski definition) is 3. The molecule has 3 N–H and O–H groups in total. The van der Waals surface area contributed by atoms with Gasteiger partial charge in [0.25, 0.3) is 0 Å². The molecule has 0 spiro atoms. The third-order valence-electron chi connectivity index (χ3n) is 9.66. The van der Waals surface area contributed by atoms with Crippen molar-refractivity contribution in [2.45, 2.75) is 25.9 Å². The summed E-state index contributed by atoms with van der Waals surface area (Å²) in [6, 6.07) is 36.7. The van der Waals surface area contributed by atoms with Crippen LogP contribution < -0.4 is 20.9 Å². The van der Waals surface area contributed by atoms with E-state index in [4.69, 9.17) is 4.98 Å². The van der Waals surface area contributed by atoms with Gasteiger partial charge in [0.05, 0.1) is 34.2 Å². The molecule has 0 aliphatic carbocycles. The first kappa shape index (κ1) is 39.6. The molecule has 4 aromatic carbocycles. The van der Waals surface area contributed by atoms with Gasteiger partial charge in [0.1, 0.15) is 24.3 Å². The summed E-state index contributed by atoms with van der Waals surface area (Å²) < 4.78 is 3.95. The highest BCUT2D eigenvalue weighted by atomic mass is 15.2. The van der Waals surface area contributed by atoms with Crippen LogP contribution in [0.3, 0.4) is 0 Å². The lowest BCUT2D eigenvalue weighted by Crippen LogP contribution is -2.22. The predicted octanol–water partition coefficient (Wildman–Crippen LogP) is 9.75. The van der Waals surface area contributed by atoms with Gasteiger partial charge in [-0.05, 0) is 73.5 Å². The van der Waals surface area contributed by atoms with Gasteiger partial charge in [0.2, 0.25) is 11.9 Å². The van der Waals surface area contributed by atoms with Crippen LogP contribution in [0.4, 0.5) is 23.3 Å². The molecule has 2 atom stereocenters. The molecule has 0 unspecified atom stereocenters. The van der Waals surface area contributed by atoms with Crippen molar-refractivity contribution >= 4 is 45.3 Å². The molecule has 0 aliphatic rings. The van der Waals surface area contributed by atoms with E-state index >= 15 is 0 Å². The minimum Gasteiger partial charge on any atom is -0.382 e. The second kappa shape index (κ2) is 19.0. The zero-order valence-electron chi connectivity index (χ0n) is 33.4. The van der Waals surface area contributed by atoms with Gasteiger partial charge in [-0.2, -0.15) is 9.97 Å². The van der Waals surface area contributed by atoms with Crippen molar-refractivity contribution in [1.29, 1.82) is 0 Å². The first-order valence-electron chi connectivity index (χ1n) is 19.5. The molecular formula is C47H48N12. The van der Waals surface area contributed by atoms with Crippen LogP contribution >= 0.6 is 0 Å². The molecule has 0 saturated heterocycles. The molecule has 59 heavy (non-hydrogen) atoms. The van der Waals surface area contributed by atoms with Gasteiger partial charge in [-0.25, -0.2) is 19.9 Å². The molecule has 296 valence electrons. The fourth-order valence-corrected chi connectivity index (χ4v) is 6.61. The van der Waals surface area contributed by atoms with Crippen LogP contribution in [0.1, 0.15) is 37.1 Å². The molecule has 8 rings (SSSR count). The second-order valence-corrected chi connectivity index (χ2v) is 13.8. The Kier molecular flexibility index (Phi) is 12.8. The summed E-state index contributed by atoms with van der Waals surface area (Å²) in [6.45, 7) is 17.8. The Labute approximate surface area is 344 Å². The van der Waals surface area contributed by atoms with E-state index in [0.29, 0.717) is 18.4 Å². The summed E-state index contributed by atoms with van der Waals surface area (Å²) in [5.41, 5.74) is 8.24. The van der Waals surface area contributed by atoms with Crippen molar-refractivity contribution in [2.24, 2.45) is 0 Å². The fraction of sp³-hybridized carbons (Fsp3) is 0.149. The zero-order valence-corrected chi connectivity index (χ0v) is 33.4. The molecule has 12 nitrogen and oxygen atoms in total. The number of anilines is 4. The first-order chi connectivity index (χ1) is 28.9. The minimum absolute atomic E-state index is 0.0916. The molecule has 8 aromatic rings. The Balaban J connectivity index is 0.000000180. The van der Waals surface area contributed by atoms with Crippen LogP contribution in [0.25, 0.3) is 33.7 Å². The van der Waals surface area contributed by atoms with E-state index in [0.717, 1.165) is 58.2 Å². The highest BCUT2D eigenvalue weighted by molar-refractivity contribution is 5.82. The summed E-state index contributed by atoms with van der Waals surface area (Å²) in [7, 11) is 0. The lowest BCUT2D eigenvalue weighted by Gasteiger charge is -2.21. The number of fused-ring (bicyclic) bond motifs is 2. The van der Waals surface area contributed by atoms with Crippen molar-refractivity contribution < 1.29 is 0 Å². The van der Waals surface area contributed by atoms with Crippen LogP contribution in [0.2, 0.25) is 0 Å². The van der Waals surface area contributed by atoms with Crippen LogP contribution in [0, 0.1) is 0 Å². The Morgan fingerprint density at radius 2 is 1.10 bits per heavy atom. The number of benzene rings is 4. The smallest absolute Gasteiger partial charge is 0.225 e. The number of hydrogen-bond acceptors (Lipinski definition) is 10. The molecule has 4 heterocycles. The van der Waals surface area contributed by atoms with Crippen molar-refractivity contribution in [1.82, 2.24) is 39.0 Å². The lowest BCUT2D eigenvalue weighted by molar-refractivity contribution is 0.854. The molecule has 0 radical (unpaired) electrons. The fourth-order valence-electron chi connectivity index (χ4n) is 6.61. The molecule has 0 aliphatic heterocycles. The van der Waals surface area contributed by atoms with E-state index in [9.17, 15) is 0 Å². The summed E-state index contributed by atoms with van der Waals surface area (Å²) in [4.78, 5) is 29.4. The van der Waals surface area contributed by atoms with E-state index in [1.54, 1.807) is 25.0 Å². The van der Waals surface area contributed by atoms with Gasteiger partial charge in [0.15, 0.2) is 0 Å². The van der Waals surface area contributed by atoms with Crippen molar-refractivity contribution in [3.05, 3.63) is 183 Å². The molecule has 4 aromatic heterocycles. The monoisotopic (exact) mass is 780 g/mol. The Bertz CT molecular complexity index is 2620. The highest BCUT2D eigenvalue weighted by Crippen LogP contribution is 2.26. The Hall–Kier alpha value is -7.60. The van der Waals surface area contributed by atoms with Crippen LogP contribution in [0.15, 0.2) is 172 Å². The molecule has 0 saturated carbocycles. The van der Waals surface area contributed by atoms with Crippen molar-refractivity contribution in [3.63, 3.8) is 0 Å². The molecular weight excluding hydrogens is 733 g/mol. The van der Waals surface area contributed by atoms with E-state index in [1.165, 1.54) is 11.1 Å². The molecule has 0 bridgehead atoms. The normalized spacial score (nSPS) is 11.8. The Morgan fingerprint density at radius 3 is 1.61 bits per heavy atom. The standard InChI is InChI=1S/C25H26N6.C22H22N6/c1-4-15-30(16-5-2)21-11-12-22-23(17-21)31(18-27-22)24-13-14-26-25(29-24)28-19(3)20-9-7-6-8-10-20;1-3-12-23-18-9-10-19-20(14-18)28(15-25-19)21-11-13-24-22(27-21)26-16(2)17-7-5-4-6-8-17/h4-14,17-19H,1-2,15-16H2,3H3,(H,26,28,29);3-11,13-16,23H,1,12H2,2H3,(H,24,26,27)/t19-;16-/m00/s1. The average Bonchev–Trinajstić information content (AvgIpc) is 3.91. The van der Waals surface area contributed by atoms with Gasteiger partial charge < -0.3 is 20.9 Å². The third kappa shape index (κ3) is 9.69. The number of rotatable bonds is 16. The zero-order chi connectivity index (χ0) is 41.0. The number of nitrogens with zero attached hydrogens (tertiary/aromatic N) is 9. The van der Waals surface area contributed by atoms with Crippen LogP contribution in [0.5, 0.6) is 0 Å². The van der Waals surface area contributed by atoms with Crippen LogP contribution in [-0.2, 0) is 0 Å². The van der Waals surface area contributed by atoms with Gasteiger partial charge in [-0.3, -0.25) is 9.13 Å². The van der Waals surface area contributed by atoms with Gasteiger partial charge in [0, 0.05) is 43.4 Å². The van der Waals surface area contributed by atoms with Gasteiger partial charge in [-0.15, -0.1) is 19.7 Å². The molecule has 0 amide bonds. The largest absolute Gasteiger partial charge is 0.382 e. The first-order valence-corrected chi connectivity index (χ1v) is 19.5. The lowest BCUT2D eigenvalue weighted by atomic mass is 10.1. The topological polar surface area (TPSA) is 127 Å². The average molecular weight is 781 g/mol. The van der Waals surface area contributed by atoms with E-state index < -0.39 is 0 Å². The van der Waals surface area contributed by atoms with E-state index in [-0.39, 0.29) is 12.1 Å². The predicted molar refractivity (Wildman–Crippen MR) is 242 cm³/mol. The number of nitrogens with one attached hydrogen (secondary N) is 3.